The van der Waals surface area contributed by atoms with Gasteiger partial charge in [0.05, 0.1) is 0 Å². The Morgan fingerprint density at radius 3 is 2.70 bits per heavy atom. The van der Waals surface area contributed by atoms with Crippen molar-refractivity contribution in [2.75, 3.05) is 13.1 Å². The van der Waals surface area contributed by atoms with E-state index in [1.54, 1.807) is 12.1 Å². The lowest BCUT2D eigenvalue weighted by atomic mass is 9.93. The largest absolute Gasteiger partial charge is 0.481 e. The number of hydrogen-bond donors (Lipinski definition) is 1. The van der Waals surface area contributed by atoms with Gasteiger partial charge >= 0.3 is 5.97 Å². The maximum Gasteiger partial charge on any atom is 0.303 e. The molecule has 23 heavy (non-hydrogen) atoms. The van der Waals surface area contributed by atoms with E-state index in [1.165, 1.54) is 12.1 Å². The number of carbonyl (C=O) groups is 2. The number of amides is 1. The van der Waals surface area contributed by atoms with Crippen LogP contribution in [0.5, 0.6) is 0 Å². The second kappa shape index (κ2) is 6.69. The van der Waals surface area contributed by atoms with Crippen molar-refractivity contribution >= 4 is 11.9 Å². The first-order valence-corrected chi connectivity index (χ1v) is 8.30. The summed E-state index contributed by atoms with van der Waals surface area (Å²) in [5.41, 5.74) is 1.03. The Bertz CT molecular complexity index is 586. The second-order valence-electron chi connectivity index (χ2n) is 6.73. The van der Waals surface area contributed by atoms with Crippen LogP contribution in [0.4, 0.5) is 4.39 Å². The predicted molar refractivity (Wildman–Crippen MR) is 83.4 cm³/mol. The zero-order valence-electron chi connectivity index (χ0n) is 13.1. The summed E-state index contributed by atoms with van der Waals surface area (Å²) < 4.78 is 13.0. The number of carbonyl (C=O) groups excluding carboxylic acids is 1. The van der Waals surface area contributed by atoms with Crippen LogP contribution in [0.3, 0.4) is 0 Å². The third kappa shape index (κ3) is 3.89. The minimum atomic E-state index is -0.771. The lowest BCUT2D eigenvalue weighted by Crippen LogP contribution is -2.41. The van der Waals surface area contributed by atoms with Crippen molar-refractivity contribution in [2.45, 2.75) is 38.0 Å². The quantitative estimate of drug-likeness (QED) is 0.907. The van der Waals surface area contributed by atoms with Crippen molar-refractivity contribution in [3.05, 3.63) is 35.6 Å². The standard InChI is InChI=1S/C18H22FNO3/c19-14-6-4-13(5-7-14)15-10-16(15)18(23)20-9-1-2-12(11-20)3-8-17(21)22/h4-7,12,15-16H,1-3,8-11H2,(H,21,22)/t12-,15-,16+/m0/s1. The number of nitrogens with zero attached hydrogens (tertiary/aromatic N) is 1. The molecule has 0 bridgehead atoms. The molecule has 0 aromatic heterocycles. The molecule has 1 saturated carbocycles. The molecule has 1 aliphatic heterocycles. The maximum absolute atomic E-state index is 13.0. The molecule has 1 saturated heterocycles. The zero-order valence-corrected chi connectivity index (χ0v) is 13.1. The summed E-state index contributed by atoms with van der Waals surface area (Å²) in [5.74, 6) is -0.325. The molecule has 0 spiro atoms. The highest BCUT2D eigenvalue weighted by Crippen LogP contribution is 2.48. The number of aliphatic carboxylic acids is 1. The van der Waals surface area contributed by atoms with Crippen LogP contribution in [0, 0.1) is 17.7 Å². The average molecular weight is 319 g/mol. The van der Waals surface area contributed by atoms with Crippen LogP contribution in [0.2, 0.25) is 0 Å². The fourth-order valence-electron chi connectivity index (χ4n) is 3.61. The van der Waals surface area contributed by atoms with Crippen LogP contribution in [0.25, 0.3) is 0 Å². The van der Waals surface area contributed by atoms with Crippen molar-refractivity contribution in [1.29, 1.82) is 0 Å². The van der Waals surface area contributed by atoms with Gasteiger partial charge < -0.3 is 10.0 Å². The van der Waals surface area contributed by atoms with Gasteiger partial charge in [-0.15, -0.1) is 0 Å². The number of hydrogen-bond acceptors (Lipinski definition) is 2. The highest BCUT2D eigenvalue weighted by molar-refractivity contribution is 5.83. The van der Waals surface area contributed by atoms with Gasteiger partial charge in [0.2, 0.25) is 5.91 Å². The van der Waals surface area contributed by atoms with Gasteiger partial charge in [0, 0.05) is 25.4 Å². The molecule has 1 aromatic carbocycles. The van der Waals surface area contributed by atoms with Gasteiger partial charge in [0.25, 0.3) is 0 Å². The molecular formula is C18H22FNO3. The monoisotopic (exact) mass is 319 g/mol. The third-order valence-electron chi connectivity index (χ3n) is 5.00. The Morgan fingerprint density at radius 1 is 1.26 bits per heavy atom. The van der Waals surface area contributed by atoms with Gasteiger partial charge in [-0.25, -0.2) is 4.39 Å². The molecule has 2 fully saturated rings. The Morgan fingerprint density at radius 2 is 2.00 bits per heavy atom. The highest BCUT2D eigenvalue weighted by atomic mass is 19.1. The molecule has 1 aromatic rings. The Hall–Kier alpha value is -1.91. The molecule has 1 N–H and O–H groups in total. The van der Waals surface area contributed by atoms with E-state index in [0.29, 0.717) is 18.9 Å². The summed E-state index contributed by atoms with van der Waals surface area (Å²) in [6.07, 6.45) is 3.60. The first kappa shape index (κ1) is 16.0. The summed E-state index contributed by atoms with van der Waals surface area (Å²) in [4.78, 5) is 25.2. The number of likely N-dealkylation sites (tertiary alicyclic amines) is 1. The minimum absolute atomic E-state index is 0.0127. The van der Waals surface area contributed by atoms with E-state index in [4.69, 9.17) is 5.11 Å². The fraction of sp³-hybridized carbons (Fsp3) is 0.556. The van der Waals surface area contributed by atoms with Gasteiger partial charge in [-0.05, 0) is 55.2 Å². The first-order valence-electron chi connectivity index (χ1n) is 8.30. The smallest absolute Gasteiger partial charge is 0.303 e. The summed E-state index contributed by atoms with van der Waals surface area (Å²) in [6, 6.07) is 6.41. The predicted octanol–water partition coefficient (Wildman–Crippen LogP) is 3.03. The second-order valence-corrected chi connectivity index (χ2v) is 6.73. The lowest BCUT2D eigenvalue weighted by molar-refractivity contribution is -0.137. The van der Waals surface area contributed by atoms with Crippen LogP contribution in [-0.2, 0) is 9.59 Å². The summed E-state index contributed by atoms with van der Waals surface area (Å²) in [7, 11) is 0. The lowest BCUT2D eigenvalue weighted by Gasteiger charge is -2.33. The van der Waals surface area contributed by atoms with E-state index < -0.39 is 5.97 Å². The summed E-state index contributed by atoms with van der Waals surface area (Å²) >= 11 is 0. The normalized spacial score (nSPS) is 26.8. The van der Waals surface area contributed by atoms with Gasteiger partial charge in [-0.2, -0.15) is 0 Å². The molecule has 1 heterocycles. The number of benzene rings is 1. The van der Waals surface area contributed by atoms with Gasteiger partial charge in [-0.3, -0.25) is 9.59 Å². The molecule has 2 aliphatic rings. The molecule has 0 unspecified atom stereocenters. The molecule has 124 valence electrons. The number of piperidine rings is 1. The fourth-order valence-corrected chi connectivity index (χ4v) is 3.61. The molecule has 1 amide bonds. The highest BCUT2D eigenvalue weighted by Gasteiger charge is 2.46. The zero-order chi connectivity index (χ0) is 16.4. The number of carboxylic acids is 1. The topological polar surface area (TPSA) is 57.6 Å². The van der Waals surface area contributed by atoms with Gasteiger partial charge in [0.1, 0.15) is 5.82 Å². The van der Waals surface area contributed by atoms with E-state index in [9.17, 15) is 14.0 Å². The molecule has 0 radical (unpaired) electrons. The van der Waals surface area contributed by atoms with Gasteiger partial charge in [-0.1, -0.05) is 12.1 Å². The van der Waals surface area contributed by atoms with Crippen molar-refractivity contribution in [2.24, 2.45) is 11.8 Å². The van der Waals surface area contributed by atoms with Crippen molar-refractivity contribution < 1.29 is 19.1 Å². The van der Waals surface area contributed by atoms with Crippen molar-refractivity contribution in [3.63, 3.8) is 0 Å². The van der Waals surface area contributed by atoms with E-state index in [0.717, 1.165) is 31.4 Å². The SMILES string of the molecule is O=C(O)CC[C@@H]1CCCN(C(=O)[C@@H]2C[C@H]2c2ccc(F)cc2)C1. The molecule has 5 heteroatoms. The number of carboxylic acid groups (broad SMARTS) is 1. The maximum atomic E-state index is 13.0. The van der Waals surface area contributed by atoms with Crippen LogP contribution in [0.15, 0.2) is 24.3 Å². The van der Waals surface area contributed by atoms with E-state index in [-0.39, 0.29) is 30.0 Å². The minimum Gasteiger partial charge on any atom is -0.481 e. The Kier molecular flexibility index (Phi) is 4.64. The van der Waals surface area contributed by atoms with E-state index in [1.807, 2.05) is 4.90 Å². The summed E-state index contributed by atoms with van der Waals surface area (Å²) in [6.45, 7) is 1.45. The molecule has 4 nitrogen and oxygen atoms in total. The van der Waals surface area contributed by atoms with Crippen molar-refractivity contribution in [3.8, 4) is 0 Å². The van der Waals surface area contributed by atoms with E-state index >= 15 is 0 Å². The molecular weight excluding hydrogens is 297 g/mol. The van der Waals surface area contributed by atoms with Gasteiger partial charge in [0.15, 0.2) is 0 Å². The van der Waals surface area contributed by atoms with Crippen LogP contribution >= 0.6 is 0 Å². The Balaban J connectivity index is 1.54. The number of rotatable bonds is 5. The van der Waals surface area contributed by atoms with Crippen molar-refractivity contribution in [1.82, 2.24) is 4.90 Å². The first-order chi connectivity index (χ1) is 11.0. The van der Waals surface area contributed by atoms with E-state index in [2.05, 4.69) is 0 Å². The van der Waals surface area contributed by atoms with Crippen LogP contribution in [-0.4, -0.2) is 35.0 Å². The molecule has 3 rings (SSSR count). The molecule has 1 aliphatic carbocycles. The number of halogens is 1. The average Bonchev–Trinajstić information content (AvgIpc) is 3.34. The third-order valence-corrected chi connectivity index (χ3v) is 5.00. The Labute approximate surface area is 135 Å². The van der Waals surface area contributed by atoms with Crippen LogP contribution in [0.1, 0.15) is 43.6 Å². The van der Waals surface area contributed by atoms with Crippen LogP contribution < -0.4 is 0 Å². The molecule has 3 atom stereocenters. The summed E-state index contributed by atoms with van der Waals surface area (Å²) in [5, 5.41) is 8.79.